The van der Waals surface area contributed by atoms with E-state index in [0.29, 0.717) is 12.4 Å². The van der Waals surface area contributed by atoms with Gasteiger partial charge in [-0.1, -0.05) is 41.4 Å². The van der Waals surface area contributed by atoms with Crippen LogP contribution >= 0.6 is 15.9 Å². The maximum Gasteiger partial charge on any atom is 0.335 e. The van der Waals surface area contributed by atoms with Crippen molar-refractivity contribution < 1.29 is 14.6 Å². The summed E-state index contributed by atoms with van der Waals surface area (Å²) >= 11 is 3.43. The third-order valence-corrected chi connectivity index (χ3v) is 4.90. The van der Waals surface area contributed by atoms with Gasteiger partial charge in [0.25, 0.3) is 0 Å². The highest BCUT2D eigenvalue weighted by Crippen LogP contribution is 2.33. The van der Waals surface area contributed by atoms with Crippen molar-refractivity contribution in [3.63, 3.8) is 0 Å². The molecular formula is C21H21BrN2O3. The summed E-state index contributed by atoms with van der Waals surface area (Å²) in [5.74, 6) is -0.258. The Morgan fingerprint density at radius 3 is 2.67 bits per heavy atom. The van der Waals surface area contributed by atoms with Gasteiger partial charge < -0.3 is 14.4 Å². The highest BCUT2D eigenvalue weighted by molar-refractivity contribution is 9.10. The van der Waals surface area contributed by atoms with E-state index >= 15 is 0 Å². The van der Waals surface area contributed by atoms with E-state index in [4.69, 9.17) is 4.74 Å². The first-order valence-corrected chi connectivity index (χ1v) is 9.59. The second-order valence-corrected chi connectivity index (χ2v) is 7.20. The van der Waals surface area contributed by atoms with E-state index in [1.807, 2.05) is 35.0 Å². The molecule has 0 saturated heterocycles. The predicted octanol–water partition coefficient (Wildman–Crippen LogP) is 5.31. The molecule has 5 nitrogen and oxygen atoms in total. The molecule has 0 aliphatic rings. The van der Waals surface area contributed by atoms with E-state index < -0.39 is 5.97 Å². The Labute approximate surface area is 166 Å². The van der Waals surface area contributed by atoms with Gasteiger partial charge in [-0.15, -0.1) is 0 Å². The zero-order valence-electron chi connectivity index (χ0n) is 15.0. The van der Waals surface area contributed by atoms with Gasteiger partial charge in [-0.3, -0.25) is 0 Å². The third-order valence-electron chi connectivity index (χ3n) is 4.37. The number of hydrogen-bond acceptors (Lipinski definition) is 3. The van der Waals surface area contributed by atoms with E-state index in [0.717, 1.165) is 28.4 Å². The van der Waals surface area contributed by atoms with Gasteiger partial charge in [-0.05, 0) is 42.3 Å². The largest absolute Gasteiger partial charge is 0.489 e. The summed E-state index contributed by atoms with van der Waals surface area (Å²) < 4.78 is 9.09. The first-order chi connectivity index (χ1) is 13.1. The maximum absolute atomic E-state index is 11.5. The number of halogens is 1. The molecule has 3 aromatic rings. The van der Waals surface area contributed by atoms with Crippen LogP contribution in [-0.2, 0) is 6.61 Å². The summed E-state index contributed by atoms with van der Waals surface area (Å²) in [7, 11) is 0. The fourth-order valence-corrected chi connectivity index (χ4v) is 3.27. The van der Waals surface area contributed by atoms with Gasteiger partial charge in [0, 0.05) is 22.4 Å². The lowest BCUT2D eigenvalue weighted by Gasteiger charge is -2.22. The molecule has 0 aliphatic carbocycles. The van der Waals surface area contributed by atoms with Gasteiger partial charge in [0.05, 0.1) is 17.9 Å². The lowest BCUT2D eigenvalue weighted by molar-refractivity contribution is 0.0696. The Balaban J connectivity index is 1.94. The smallest absolute Gasteiger partial charge is 0.335 e. The van der Waals surface area contributed by atoms with Crippen molar-refractivity contribution >= 4 is 21.9 Å². The second kappa shape index (κ2) is 8.86. The Morgan fingerprint density at radius 1 is 1.26 bits per heavy atom. The number of aromatic carboxylic acids is 1. The molecule has 140 valence electrons. The van der Waals surface area contributed by atoms with Crippen LogP contribution in [0, 0.1) is 0 Å². The normalized spacial score (nSPS) is 11.9. The number of aromatic nitrogens is 2. The minimum absolute atomic E-state index is 0.0308. The average molecular weight is 429 g/mol. The summed E-state index contributed by atoms with van der Waals surface area (Å²) in [4.78, 5) is 15.6. The molecule has 0 spiro atoms. The van der Waals surface area contributed by atoms with Gasteiger partial charge in [0.1, 0.15) is 12.4 Å². The SMILES string of the molecule is CCCC(c1cc(C(=O)O)ccc1OCc1ccc(Br)cc1)n1ccnc1. The van der Waals surface area contributed by atoms with Crippen LogP contribution < -0.4 is 4.74 Å². The van der Waals surface area contributed by atoms with Gasteiger partial charge in [-0.2, -0.15) is 0 Å². The third kappa shape index (κ3) is 4.77. The van der Waals surface area contributed by atoms with Crippen LogP contribution in [0.5, 0.6) is 5.75 Å². The Hall–Kier alpha value is -2.60. The number of ether oxygens (including phenoxy) is 1. The highest BCUT2D eigenvalue weighted by Gasteiger charge is 2.19. The molecular weight excluding hydrogens is 408 g/mol. The molecule has 6 heteroatoms. The molecule has 3 rings (SSSR count). The van der Waals surface area contributed by atoms with Crippen molar-refractivity contribution in [2.24, 2.45) is 0 Å². The number of carboxylic acids is 1. The molecule has 27 heavy (non-hydrogen) atoms. The maximum atomic E-state index is 11.5. The molecule has 0 fully saturated rings. The zero-order chi connectivity index (χ0) is 19.2. The summed E-state index contributed by atoms with van der Waals surface area (Å²) in [6, 6.07) is 12.9. The van der Waals surface area contributed by atoms with E-state index in [-0.39, 0.29) is 11.6 Å². The van der Waals surface area contributed by atoms with Crippen LogP contribution in [0.15, 0.2) is 65.7 Å². The summed E-state index contributed by atoms with van der Waals surface area (Å²) in [5.41, 5.74) is 2.15. The van der Waals surface area contributed by atoms with E-state index in [9.17, 15) is 9.90 Å². The van der Waals surface area contributed by atoms with Crippen LogP contribution in [0.3, 0.4) is 0 Å². The first-order valence-electron chi connectivity index (χ1n) is 8.80. The monoisotopic (exact) mass is 428 g/mol. The van der Waals surface area contributed by atoms with Crippen molar-refractivity contribution in [3.8, 4) is 5.75 Å². The standard InChI is InChI=1S/C21H21BrN2O3/c1-2-3-19(24-11-10-23-14-24)18-12-16(21(25)26)6-9-20(18)27-13-15-4-7-17(22)8-5-15/h4-12,14,19H,2-3,13H2,1H3,(H,25,26). The molecule has 1 aromatic heterocycles. The Bertz CT molecular complexity index is 892. The van der Waals surface area contributed by atoms with Gasteiger partial charge in [0.15, 0.2) is 0 Å². The quantitative estimate of drug-likeness (QED) is 0.527. The second-order valence-electron chi connectivity index (χ2n) is 6.29. The summed E-state index contributed by atoms with van der Waals surface area (Å²) in [6.45, 7) is 2.52. The lowest BCUT2D eigenvalue weighted by Crippen LogP contribution is -2.12. The van der Waals surface area contributed by atoms with E-state index in [1.165, 1.54) is 0 Å². The molecule has 0 amide bonds. The summed E-state index contributed by atoms with van der Waals surface area (Å²) in [6.07, 6.45) is 7.19. The topological polar surface area (TPSA) is 64.3 Å². The van der Waals surface area contributed by atoms with Crippen LogP contribution in [0.1, 0.15) is 47.3 Å². The zero-order valence-corrected chi connectivity index (χ0v) is 16.6. The van der Waals surface area contributed by atoms with Crippen molar-refractivity contribution in [2.45, 2.75) is 32.4 Å². The lowest BCUT2D eigenvalue weighted by atomic mass is 9.98. The Morgan fingerprint density at radius 2 is 2.04 bits per heavy atom. The minimum atomic E-state index is -0.948. The molecule has 0 saturated carbocycles. The van der Waals surface area contributed by atoms with Crippen molar-refractivity contribution in [3.05, 3.63) is 82.3 Å². The number of nitrogens with zero attached hydrogens (tertiary/aromatic N) is 2. The molecule has 1 N–H and O–H groups in total. The number of benzene rings is 2. The van der Waals surface area contributed by atoms with Crippen molar-refractivity contribution in [1.82, 2.24) is 9.55 Å². The number of imidazole rings is 1. The van der Waals surface area contributed by atoms with Gasteiger partial charge >= 0.3 is 5.97 Å². The minimum Gasteiger partial charge on any atom is -0.489 e. The Kier molecular flexibility index (Phi) is 6.29. The molecule has 0 radical (unpaired) electrons. The number of rotatable bonds is 8. The van der Waals surface area contributed by atoms with Crippen LogP contribution in [-0.4, -0.2) is 20.6 Å². The fourth-order valence-electron chi connectivity index (χ4n) is 3.01. The van der Waals surface area contributed by atoms with Crippen molar-refractivity contribution in [1.29, 1.82) is 0 Å². The molecule has 1 unspecified atom stereocenters. The average Bonchev–Trinajstić information content (AvgIpc) is 3.20. The van der Waals surface area contributed by atoms with Crippen LogP contribution in [0.25, 0.3) is 0 Å². The number of hydrogen-bond donors (Lipinski definition) is 1. The van der Waals surface area contributed by atoms with E-state index in [1.54, 1.807) is 30.7 Å². The van der Waals surface area contributed by atoms with E-state index in [2.05, 4.69) is 27.8 Å². The predicted molar refractivity (Wildman–Crippen MR) is 107 cm³/mol. The molecule has 1 heterocycles. The number of carboxylic acid groups (broad SMARTS) is 1. The number of carbonyl (C=O) groups is 1. The molecule has 2 aromatic carbocycles. The van der Waals surface area contributed by atoms with Gasteiger partial charge in [0.2, 0.25) is 0 Å². The molecule has 1 atom stereocenters. The van der Waals surface area contributed by atoms with Gasteiger partial charge in [-0.25, -0.2) is 9.78 Å². The first kappa shape index (κ1) is 19.2. The summed E-state index contributed by atoms with van der Waals surface area (Å²) in [5, 5.41) is 9.41. The molecule has 0 aliphatic heterocycles. The van der Waals surface area contributed by atoms with Crippen LogP contribution in [0.4, 0.5) is 0 Å². The van der Waals surface area contributed by atoms with Crippen molar-refractivity contribution in [2.75, 3.05) is 0 Å². The highest BCUT2D eigenvalue weighted by atomic mass is 79.9. The molecule has 0 bridgehead atoms. The fraction of sp³-hybridized carbons (Fsp3) is 0.238. The van der Waals surface area contributed by atoms with Crippen LogP contribution in [0.2, 0.25) is 0 Å².